The fourth-order valence-electron chi connectivity index (χ4n) is 5.42. The number of carboxylic acid groups (broad SMARTS) is 1. The van der Waals surface area contributed by atoms with Gasteiger partial charge in [0.05, 0.1) is 18.2 Å². The standard InChI is InChI=1S/C32H36N4O6/c1-3-40-30(37)19-33-32-36(28(21-41-32)23-7-5-4-6-8-23)26-15-17-35(18-16-26)20-25-11-14-29(34-22(25)2)42-27-12-9-24(10-13-27)31(38)39/h4-14,26,28H,3,15-21H2,1-2H3,(H,38,39). The number of aliphatic imine (C=N–C) groups is 1. The summed E-state index contributed by atoms with van der Waals surface area (Å²) in [4.78, 5) is 36.9. The van der Waals surface area contributed by atoms with Gasteiger partial charge in [0.2, 0.25) is 5.88 Å². The summed E-state index contributed by atoms with van der Waals surface area (Å²) >= 11 is 0. The Hall–Kier alpha value is -4.44. The van der Waals surface area contributed by atoms with Crippen molar-refractivity contribution in [3.63, 3.8) is 0 Å². The molecular formula is C32H36N4O6. The highest BCUT2D eigenvalue weighted by Gasteiger charge is 2.39. The van der Waals surface area contributed by atoms with Crippen LogP contribution in [0.3, 0.4) is 0 Å². The number of carbonyl (C=O) groups excluding carboxylic acids is 1. The minimum Gasteiger partial charge on any atom is -0.478 e. The number of hydrogen-bond acceptors (Lipinski definition) is 8. The fraction of sp³-hybridized carbons (Fsp3) is 0.375. The normalized spacial score (nSPS) is 18.6. The van der Waals surface area contributed by atoms with E-state index in [-0.39, 0.29) is 30.2 Å². The molecule has 1 atom stereocenters. The number of ether oxygens (including phenoxy) is 3. The number of piperidine rings is 1. The summed E-state index contributed by atoms with van der Waals surface area (Å²) in [5.74, 6) is -0.334. The van der Waals surface area contributed by atoms with Crippen LogP contribution in [0.1, 0.15) is 53.0 Å². The molecule has 3 aromatic rings. The average molecular weight is 573 g/mol. The van der Waals surface area contributed by atoms with Crippen molar-refractivity contribution >= 4 is 18.0 Å². The third-order valence-electron chi connectivity index (χ3n) is 7.60. The highest BCUT2D eigenvalue weighted by atomic mass is 16.5. The summed E-state index contributed by atoms with van der Waals surface area (Å²) in [5, 5.41) is 9.08. The van der Waals surface area contributed by atoms with E-state index in [0.717, 1.165) is 43.7 Å². The number of aryl methyl sites for hydroxylation is 1. The van der Waals surface area contributed by atoms with Gasteiger partial charge in [-0.1, -0.05) is 36.4 Å². The van der Waals surface area contributed by atoms with Crippen molar-refractivity contribution in [3.05, 3.63) is 89.1 Å². The van der Waals surface area contributed by atoms with Gasteiger partial charge in [-0.05, 0) is 62.1 Å². The molecular weight excluding hydrogens is 536 g/mol. The Morgan fingerprint density at radius 2 is 1.79 bits per heavy atom. The smallest absolute Gasteiger partial charge is 0.335 e. The summed E-state index contributed by atoms with van der Waals surface area (Å²) in [7, 11) is 0. The van der Waals surface area contributed by atoms with Gasteiger partial charge in [0.15, 0.2) is 0 Å². The van der Waals surface area contributed by atoms with Crippen LogP contribution in [0, 0.1) is 6.92 Å². The highest BCUT2D eigenvalue weighted by molar-refractivity contribution is 5.87. The molecule has 2 aliphatic heterocycles. The first-order valence-corrected chi connectivity index (χ1v) is 14.3. The molecule has 2 fully saturated rings. The molecule has 10 heteroatoms. The molecule has 0 spiro atoms. The monoisotopic (exact) mass is 572 g/mol. The van der Waals surface area contributed by atoms with Crippen LogP contribution in [0.2, 0.25) is 0 Å². The molecule has 0 amide bonds. The maximum atomic E-state index is 12.0. The van der Waals surface area contributed by atoms with E-state index in [1.807, 2.05) is 37.3 Å². The Morgan fingerprint density at radius 1 is 1.05 bits per heavy atom. The number of benzene rings is 2. The molecule has 1 aromatic heterocycles. The van der Waals surface area contributed by atoms with Crippen LogP contribution in [0.5, 0.6) is 11.6 Å². The quantitative estimate of drug-likeness (QED) is 0.341. The topological polar surface area (TPSA) is 114 Å². The van der Waals surface area contributed by atoms with Crippen molar-refractivity contribution in [2.75, 3.05) is 32.8 Å². The van der Waals surface area contributed by atoms with Crippen LogP contribution in [0.15, 0.2) is 71.7 Å². The van der Waals surface area contributed by atoms with Gasteiger partial charge in [0, 0.05) is 37.4 Å². The maximum Gasteiger partial charge on any atom is 0.335 e. The van der Waals surface area contributed by atoms with Gasteiger partial charge < -0.3 is 24.2 Å². The number of likely N-dealkylation sites (tertiary alicyclic amines) is 1. The summed E-state index contributed by atoms with van der Waals surface area (Å²) in [6.07, 6.45) is 1.87. The lowest BCUT2D eigenvalue weighted by atomic mass is 9.98. The van der Waals surface area contributed by atoms with E-state index in [1.165, 1.54) is 17.7 Å². The summed E-state index contributed by atoms with van der Waals surface area (Å²) in [5.41, 5.74) is 3.40. The molecule has 220 valence electrons. The molecule has 0 bridgehead atoms. The minimum absolute atomic E-state index is 0.0445. The lowest BCUT2D eigenvalue weighted by molar-refractivity contribution is -0.141. The second-order valence-corrected chi connectivity index (χ2v) is 10.4. The van der Waals surface area contributed by atoms with E-state index in [1.54, 1.807) is 19.1 Å². The van der Waals surface area contributed by atoms with Gasteiger partial charge in [0.25, 0.3) is 6.02 Å². The third-order valence-corrected chi connectivity index (χ3v) is 7.60. The van der Waals surface area contributed by atoms with Crippen LogP contribution in [0.4, 0.5) is 0 Å². The van der Waals surface area contributed by atoms with Gasteiger partial charge in [-0.15, -0.1) is 0 Å². The van der Waals surface area contributed by atoms with E-state index in [9.17, 15) is 9.59 Å². The minimum atomic E-state index is -0.976. The van der Waals surface area contributed by atoms with Crippen molar-refractivity contribution in [1.82, 2.24) is 14.8 Å². The van der Waals surface area contributed by atoms with Crippen molar-refractivity contribution in [2.45, 2.75) is 45.3 Å². The van der Waals surface area contributed by atoms with E-state index >= 15 is 0 Å². The van der Waals surface area contributed by atoms with Crippen molar-refractivity contribution < 1.29 is 28.9 Å². The summed E-state index contributed by atoms with van der Waals surface area (Å²) in [6.45, 7) is 7.11. The van der Waals surface area contributed by atoms with E-state index in [2.05, 4.69) is 31.9 Å². The maximum absolute atomic E-state index is 12.0. The molecule has 1 unspecified atom stereocenters. The zero-order valence-electron chi connectivity index (χ0n) is 23.9. The van der Waals surface area contributed by atoms with E-state index in [0.29, 0.717) is 30.9 Å². The van der Waals surface area contributed by atoms with E-state index < -0.39 is 5.97 Å². The summed E-state index contributed by atoms with van der Waals surface area (Å²) in [6, 6.07) is 21.2. The van der Waals surface area contributed by atoms with Gasteiger partial charge in [0.1, 0.15) is 18.9 Å². The molecule has 2 aromatic carbocycles. The number of esters is 1. The molecule has 0 radical (unpaired) electrons. The van der Waals surface area contributed by atoms with Gasteiger partial charge >= 0.3 is 11.9 Å². The second kappa shape index (κ2) is 13.5. The number of rotatable bonds is 10. The first kappa shape index (κ1) is 29.1. The number of hydrogen-bond donors (Lipinski definition) is 1. The Labute approximate surface area is 245 Å². The highest BCUT2D eigenvalue weighted by Crippen LogP contribution is 2.34. The predicted molar refractivity (Wildman–Crippen MR) is 157 cm³/mol. The third kappa shape index (κ3) is 7.06. The van der Waals surface area contributed by atoms with Crippen LogP contribution < -0.4 is 4.74 Å². The van der Waals surface area contributed by atoms with Gasteiger partial charge in [-0.25, -0.2) is 14.8 Å². The molecule has 10 nitrogen and oxygen atoms in total. The first-order chi connectivity index (χ1) is 20.4. The Bertz CT molecular complexity index is 1400. The number of carbonyl (C=O) groups is 2. The number of amidine groups is 1. The Balaban J connectivity index is 1.21. The molecule has 1 N–H and O–H groups in total. The largest absolute Gasteiger partial charge is 0.478 e. The SMILES string of the molecule is CCOC(=O)CN=C1OCC(c2ccccc2)N1C1CCN(Cc2ccc(Oc3ccc(C(=O)O)cc3)nc2C)CC1. The molecule has 3 heterocycles. The van der Waals surface area contributed by atoms with Gasteiger partial charge in [-0.3, -0.25) is 9.69 Å². The zero-order valence-corrected chi connectivity index (χ0v) is 23.9. The number of nitrogens with zero attached hydrogens (tertiary/aromatic N) is 4. The summed E-state index contributed by atoms with van der Waals surface area (Å²) < 4.78 is 16.9. The van der Waals surface area contributed by atoms with Crippen LogP contribution in [-0.4, -0.2) is 76.7 Å². The number of aromatic nitrogens is 1. The average Bonchev–Trinajstić information content (AvgIpc) is 3.43. The molecule has 5 rings (SSSR count). The molecule has 2 saturated heterocycles. The first-order valence-electron chi connectivity index (χ1n) is 14.3. The van der Waals surface area contributed by atoms with Crippen LogP contribution in [-0.2, 0) is 20.8 Å². The molecule has 0 saturated carbocycles. The Morgan fingerprint density at radius 3 is 2.45 bits per heavy atom. The second-order valence-electron chi connectivity index (χ2n) is 10.4. The predicted octanol–water partition coefficient (Wildman–Crippen LogP) is 4.84. The number of carboxylic acids is 1. The van der Waals surface area contributed by atoms with Crippen LogP contribution in [0.25, 0.3) is 0 Å². The molecule has 42 heavy (non-hydrogen) atoms. The fourth-order valence-corrected chi connectivity index (χ4v) is 5.42. The molecule has 0 aliphatic carbocycles. The molecule has 2 aliphatic rings. The number of pyridine rings is 1. The van der Waals surface area contributed by atoms with E-state index in [4.69, 9.17) is 19.3 Å². The van der Waals surface area contributed by atoms with Crippen molar-refractivity contribution in [1.29, 1.82) is 0 Å². The van der Waals surface area contributed by atoms with Crippen molar-refractivity contribution in [3.8, 4) is 11.6 Å². The Kier molecular flexibility index (Phi) is 9.33. The van der Waals surface area contributed by atoms with Crippen LogP contribution >= 0.6 is 0 Å². The number of aromatic carboxylic acids is 1. The lowest BCUT2D eigenvalue weighted by Gasteiger charge is -2.39. The zero-order chi connectivity index (χ0) is 29.5. The lowest BCUT2D eigenvalue weighted by Crippen LogP contribution is -2.46. The van der Waals surface area contributed by atoms with Crippen molar-refractivity contribution in [2.24, 2.45) is 4.99 Å². The van der Waals surface area contributed by atoms with Gasteiger partial charge in [-0.2, -0.15) is 0 Å².